The van der Waals surface area contributed by atoms with Crippen LogP contribution in [-0.4, -0.2) is 39.5 Å². The maximum absolute atomic E-state index is 13.1. The summed E-state index contributed by atoms with van der Waals surface area (Å²) in [5.41, 5.74) is -0.191. The highest BCUT2D eigenvalue weighted by Gasteiger charge is 2.34. The van der Waals surface area contributed by atoms with Gasteiger partial charge >= 0.3 is 0 Å². The van der Waals surface area contributed by atoms with Crippen molar-refractivity contribution in [2.75, 3.05) is 0 Å². The van der Waals surface area contributed by atoms with Gasteiger partial charge in [-0.1, -0.05) is 6.07 Å². The Balaban J connectivity index is 2.11. The van der Waals surface area contributed by atoms with E-state index < -0.39 is 35.7 Å². The molecular weight excluding hydrogens is 241 g/mol. The molecule has 1 aromatic carbocycles. The van der Waals surface area contributed by atoms with Crippen LogP contribution in [0.3, 0.4) is 0 Å². The van der Waals surface area contributed by atoms with E-state index >= 15 is 0 Å². The van der Waals surface area contributed by atoms with Gasteiger partial charge in [-0.25, -0.2) is 4.39 Å². The maximum Gasteiger partial charge on any atom is 0.255 e. The van der Waals surface area contributed by atoms with Gasteiger partial charge in [-0.05, 0) is 25.0 Å². The Morgan fingerprint density at radius 2 is 2.06 bits per heavy atom. The van der Waals surface area contributed by atoms with Crippen LogP contribution in [0.15, 0.2) is 18.2 Å². The average molecular weight is 255 g/mol. The fraction of sp³-hybridized carbons (Fsp3) is 0.417. The maximum atomic E-state index is 13.1. The molecule has 1 fully saturated rings. The minimum Gasteiger partial charge on any atom is -0.504 e. The van der Waals surface area contributed by atoms with E-state index in [2.05, 4.69) is 5.32 Å². The molecule has 2 rings (SSSR count). The standard InChI is InChI=1S/C12H14FNO4/c13-7-3-1-2-6(10(7)16)12(18)14-8-4-5-9(15)11(8)17/h1-3,8-9,11,15-17H,4-5H2,(H,14,18)/t8-,9-,11-/m1/s1. The molecule has 3 atom stereocenters. The molecule has 0 radical (unpaired) electrons. The van der Waals surface area contributed by atoms with Crippen LogP contribution < -0.4 is 5.32 Å². The summed E-state index contributed by atoms with van der Waals surface area (Å²) in [4.78, 5) is 11.8. The summed E-state index contributed by atoms with van der Waals surface area (Å²) in [5.74, 6) is -2.28. The number of phenols is 1. The molecule has 1 saturated carbocycles. The molecular formula is C12H14FNO4. The zero-order valence-corrected chi connectivity index (χ0v) is 9.51. The van der Waals surface area contributed by atoms with Crippen LogP contribution in [0.4, 0.5) is 4.39 Å². The fourth-order valence-electron chi connectivity index (χ4n) is 2.06. The minimum atomic E-state index is -1.04. The van der Waals surface area contributed by atoms with E-state index in [-0.39, 0.29) is 5.56 Å². The Bertz CT molecular complexity index is 465. The number of amides is 1. The first-order valence-electron chi connectivity index (χ1n) is 5.65. The van der Waals surface area contributed by atoms with Crippen LogP contribution in [0.5, 0.6) is 5.75 Å². The highest BCUT2D eigenvalue weighted by Crippen LogP contribution is 2.23. The van der Waals surface area contributed by atoms with Gasteiger partial charge in [0.05, 0.1) is 17.7 Å². The van der Waals surface area contributed by atoms with Crippen molar-refractivity contribution in [3.8, 4) is 5.75 Å². The lowest BCUT2D eigenvalue weighted by molar-refractivity contribution is 0.0296. The van der Waals surface area contributed by atoms with Gasteiger partial charge in [0, 0.05) is 0 Å². The molecule has 1 aliphatic carbocycles. The van der Waals surface area contributed by atoms with E-state index in [0.717, 1.165) is 6.07 Å². The monoisotopic (exact) mass is 255 g/mol. The van der Waals surface area contributed by atoms with Crippen molar-refractivity contribution in [2.24, 2.45) is 0 Å². The van der Waals surface area contributed by atoms with Crippen molar-refractivity contribution in [3.05, 3.63) is 29.6 Å². The molecule has 18 heavy (non-hydrogen) atoms. The van der Waals surface area contributed by atoms with E-state index in [1.807, 2.05) is 0 Å². The molecule has 0 aromatic heterocycles. The van der Waals surface area contributed by atoms with E-state index in [4.69, 9.17) is 0 Å². The number of carbonyl (C=O) groups excluding carboxylic acids is 1. The van der Waals surface area contributed by atoms with Gasteiger partial charge in [0.15, 0.2) is 11.6 Å². The third-order valence-corrected chi connectivity index (χ3v) is 3.13. The van der Waals surface area contributed by atoms with Crippen molar-refractivity contribution >= 4 is 5.91 Å². The number of hydrogen-bond donors (Lipinski definition) is 4. The first kappa shape index (κ1) is 12.8. The van der Waals surface area contributed by atoms with Crippen molar-refractivity contribution < 1.29 is 24.5 Å². The van der Waals surface area contributed by atoms with Gasteiger partial charge in [0.2, 0.25) is 0 Å². The lowest BCUT2D eigenvalue weighted by atomic mass is 10.1. The molecule has 0 spiro atoms. The van der Waals surface area contributed by atoms with E-state index in [1.165, 1.54) is 12.1 Å². The molecule has 1 aromatic rings. The molecule has 0 heterocycles. The number of carbonyl (C=O) groups is 1. The van der Waals surface area contributed by atoms with Crippen LogP contribution >= 0.6 is 0 Å². The summed E-state index contributed by atoms with van der Waals surface area (Å²) in [6.07, 6.45) is -1.08. The number of aliphatic hydroxyl groups excluding tert-OH is 2. The summed E-state index contributed by atoms with van der Waals surface area (Å²) >= 11 is 0. The lowest BCUT2D eigenvalue weighted by Crippen LogP contribution is -2.42. The van der Waals surface area contributed by atoms with Crippen molar-refractivity contribution in [1.82, 2.24) is 5.32 Å². The summed E-state index contributed by atoms with van der Waals surface area (Å²) in [7, 11) is 0. The fourth-order valence-corrected chi connectivity index (χ4v) is 2.06. The van der Waals surface area contributed by atoms with Gasteiger partial charge in [-0.3, -0.25) is 4.79 Å². The third-order valence-electron chi connectivity index (χ3n) is 3.13. The Morgan fingerprint density at radius 3 is 2.67 bits per heavy atom. The SMILES string of the molecule is O=C(N[C@@H]1CC[C@@H](O)[C@@H]1O)c1cccc(F)c1O. The smallest absolute Gasteiger partial charge is 0.255 e. The summed E-state index contributed by atoms with van der Waals surface area (Å²) < 4.78 is 13.1. The Hall–Kier alpha value is -1.66. The average Bonchev–Trinajstić information content (AvgIpc) is 2.64. The molecule has 0 unspecified atom stereocenters. The van der Waals surface area contributed by atoms with Gasteiger partial charge in [-0.15, -0.1) is 0 Å². The summed E-state index contributed by atoms with van der Waals surface area (Å²) in [6.45, 7) is 0. The number of nitrogens with one attached hydrogen (secondary N) is 1. The van der Waals surface area contributed by atoms with Crippen LogP contribution in [0, 0.1) is 5.82 Å². The molecule has 6 heteroatoms. The number of hydrogen-bond acceptors (Lipinski definition) is 4. The van der Waals surface area contributed by atoms with Crippen LogP contribution in [0.25, 0.3) is 0 Å². The van der Waals surface area contributed by atoms with Crippen LogP contribution in [-0.2, 0) is 0 Å². The molecule has 0 saturated heterocycles. The summed E-state index contributed by atoms with van der Waals surface area (Å²) in [5, 5.41) is 30.8. The second kappa shape index (κ2) is 4.91. The molecule has 5 nitrogen and oxygen atoms in total. The number of para-hydroxylation sites is 1. The second-order valence-corrected chi connectivity index (χ2v) is 4.35. The quantitative estimate of drug-likeness (QED) is 0.605. The van der Waals surface area contributed by atoms with E-state index in [1.54, 1.807) is 0 Å². The number of benzene rings is 1. The van der Waals surface area contributed by atoms with Crippen molar-refractivity contribution in [2.45, 2.75) is 31.1 Å². The number of halogens is 1. The van der Waals surface area contributed by atoms with Gasteiger partial charge in [0.25, 0.3) is 5.91 Å². The largest absolute Gasteiger partial charge is 0.504 e. The normalized spacial score (nSPS) is 27.2. The predicted octanol–water partition coefficient (Wildman–Crippen LogP) is 0.145. The predicted molar refractivity (Wildman–Crippen MR) is 60.6 cm³/mol. The van der Waals surface area contributed by atoms with E-state index in [9.17, 15) is 24.5 Å². The Labute approximate surface area is 103 Å². The van der Waals surface area contributed by atoms with Crippen LogP contribution in [0.1, 0.15) is 23.2 Å². The highest BCUT2D eigenvalue weighted by molar-refractivity contribution is 5.97. The minimum absolute atomic E-state index is 0.191. The van der Waals surface area contributed by atoms with Crippen molar-refractivity contribution in [1.29, 1.82) is 0 Å². The Kier molecular flexibility index (Phi) is 3.49. The third kappa shape index (κ3) is 2.30. The van der Waals surface area contributed by atoms with Crippen molar-refractivity contribution in [3.63, 3.8) is 0 Å². The van der Waals surface area contributed by atoms with Gasteiger partial charge < -0.3 is 20.6 Å². The number of rotatable bonds is 2. The molecule has 1 aliphatic rings. The zero-order chi connectivity index (χ0) is 13.3. The zero-order valence-electron chi connectivity index (χ0n) is 9.51. The van der Waals surface area contributed by atoms with Crippen LogP contribution in [0.2, 0.25) is 0 Å². The molecule has 0 bridgehead atoms. The van der Waals surface area contributed by atoms with Gasteiger partial charge in [0.1, 0.15) is 6.10 Å². The second-order valence-electron chi connectivity index (χ2n) is 4.35. The first-order chi connectivity index (χ1) is 8.50. The lowest BCUT2D eigenvalue weighted by Gasteiger charge is -2.18. The highest BCUT2D eigenvalue weighted by atomic mass is 19.1. The molecule has 98 valence electrons. The molecule has 4 N–H and O–H groups in total. The number of aliphatic hydroxyl groups is 2. The number of phenolic OH excluding ortho intramolecular Hbond substituents is 1. The molecule has 0 aliphatic heterocycles. The Morgan fingerprint density at radius 1 is 1.33 bits per heavy atom. The topological polar surface area (TPSA) is 89.8 Å². The first-order valence-corrected chi connectivity index (χ1v) is 5.65. The number of aromatic hydroxyl groups is 1. The molecule has 1 amide bonds. The van der Waals surface area contributed by atoms with Gasteiger partial charge in [-0.2, -0.15) is 0 Å². The summed E-state index contributed by atoms with van der Waals surface area (Å²) in [6, 6.07) is 3.05. The van der Waals surface area contributed by atoms with E-state index in [0.29, 0.717) is 12.8 Å².